The van der Waals surface area contributed by atoms with Gasteiger partial charge < -0.3 is 14.2 Å². The maximum atomic E-state index is 13.0. The number of furan rings is 1. The summed E-state index contributed by atoms with van der Waals surface area (Å²) in [6.07, 6.45) is 1.92. The molecule has 0 aliphatic carbocycles. The monoisotopic (exact) mass is 408 g/mol. The van der Waals surface area contributed by atoms with Crippen molar-refractivity contribution in [2.24, 2.45) is 5.16 Å². The number of aryl methyl sites for hydroxylation is 1. The highest BCUT2D eigenvalue weighted by atomic mass is 35.5. The number of carbonyl (C=O) groups excluding carboxylic acids is 1. The molecule has 0 saturated carbocycles. The molecule has 1 aliphatic heterocycles. The zero-order chi connectivity index (χ0) is 20.2. The molecule has 6 heteroatoms. The van der Waals surface area contributed by atoms with Crippen LogP contribution in [0.4, 0.5) is 0 Å². The van der Waals surface area contributed by atoms with Crippen LogP contribution in [0.25, 0.3) is 0 Å². The lowest BCUT2D eigenvalue weighted by Gasteiger charge is -2.24. The molecule has 3 aromatic rings. The number of hydrogen-bond acceptors (Lipinski definition) is 4. The Balaban J connectivity index is 1.50. The van der Waals surface area contributed by atoms with Crippen LogP contribution < -0.4 is 0 Å². The van der Waals surface area contributed by atoms with Gasteiger partial charge in [0.25, 0.3) is 5.91 Å². The number of carbonyl (C=O) groups is 1. The smallest absolute Gasteiger partial charge is 0.289 e. The quantitative estimate of drug-likeness (QED) is 0.571. The van der Waals surface area contributed by atoms with E-state index in [1.165, 1.54) is 6.26 Å². The van der Waals surface area contributed by atoms with Gasteiger partial charge in [0.05, 0.1) is 18.5 Å². The maximum Gasteiger partial charge on any atom is 0.289 e. The van der Waals surface area contributed by atoms with E-state index in [1.54, 1.807) is 17.0 Å². The Morgan fingerprint density at radius 2 is 2.03 bits per heavy atom. The van der Waals surface area contributed by atoms with Crippen LogP contribution in [-0.2, 0) is 11.4 Å². The Morgan fingerprint density at radius 3 is 2.79 bits per heavy atom. The molecule has 0 bridgehead atoms. The summed E-state index contributed by atoms with van der Waals surface area (Å²) in [5, 5.41) is 4.91. The van der Waals surface area contributed by atoms with Gasteiger partial charge >= 0.3 is 0 Å². The van der Waals surface area contributed by atoms with Crippen LogP contribution in [0.15, 0.2) is 76.5 Å². The molecule has 1 atom stereocenters. The lowest BCUT2D eigenvalue weighted by atomic mass is 10.00. The Bertz CT molecular complexity index is 1030. The highest BCUT2D eigenvalue weighted by Crippen LogP contribution is 2.22. The summed E-state index contributed by atoms with van der Waals surface area (Å²) in [4.78, 5) is 20.4. The molecule has 29 heavy (non-hydrogen) atoms. The predicted octanol–water partition coefficient (Wildman–Crippen LogP) is 5.08. The third-order valence-electron chi connectivity index (χ3n) is 4.89. The first-order valence-electron chi connectivity index (χ1n) is 9.46. The van der Waals surface area contributed by atoms with Gasteiger partial charge in [-0.3, -0.25) is 4.79 Å². The highest BCUT2D eigenvalue weighted by Gasteiger charge is 2.28. The lowest BCUT2D eigenvalue weighted by Crippen LogP contribution is -2.37. The van der Waals surface area contributed by atoms with Crippen LogP contribution in [0.5, 0.6) is 0 Å². The first kappa shape index (κ1) is 19.3. The fourth-order valence-corrected chi connectivity index (χ4v) is 3.67. The summed E-state index contributed by atoms with van der Waals surface area (Å²) in [7, 11) is 0. The number of halogens is 1. The third-order valence-corrected chi connectivity index (χ3v) is 5.13. The van der Waals surface area contributed by atoms with Crippen molar-refractivity contribution < 1.29 is 14.0 Å². The standard InChI is InChI=1S/C23H21ClN2O3/c1-16-6-2-3-9-20(16)21-13-19(29-25-21)15-26(23(27)22-10-5-11-28-22)14-17-7-4-8-18(24)12-17/h2-12,19H,13-15H2,1H3/t19-/m0/s1. The second kappa shape index (κ2) is 8.53. The molecule has 4 rings (SSSR count). The zero-order valence-corrected chi connectivity index (χ0v) is 16.8. The molecule has 0 saturated heterocycles. The molecule has 0 spiro atoms. The van der Waals surface area contributed by atoms with E-state index in [1.807, 2.05) is 42.5 Å². The number of amides is 1. The van der Waals surface area contributed by atoms with Gasteiger partial charge in [-0.05, 0) is 42.3 Å². The molecule has 0 radical (unpaired) electrons. The molecule has 0 N–H and O–H groups in total. The molecular formula is C23H21ClN2O3. The average Bonchev–Trinajstić information content (AvgIpc) is 3.40. The summed E-state index contributed by atoms with van der Waals surface area (Å²) in [5.41, 5.74) is 4.07. The molecule has 2 aromatic carbocycles. The largest absolute Gasteiger partial charge is 0.459 e. The molecule has 148 valence electrons. The van der Waals surface area contributed by atoms with E-state index >= 15 is 0 Å². The van der Waals surface area contributed by atoms with E-state index in [0.29, 0.717) is 30.3 Å². The van der Waals surface area contributed by atoms with Crippen molar-refractivity contribution in [3.8, 4) is 0 Å². The zero-order valence-electron chi connectivity index (χ0n) is 16.0. The van der Waals surface area contributed by atoms with Crippen LogP contribution in [-0.4, -0.2) is 29.2 Å². The molecular weight excluding hydrogens is 388 g/mol. The van der Waals surface area contributed by atoms with E-state index in [2.05, 4.69) is 18.1 Å². The molecule has 1 aromatic heterocycles. The summed E-state index contributed by atoms with van der Waals surface area (Å²) >= 11 is 6.11. The molecule has 2 heterocycles. The summed E-state index contributed by atoms with van der Waals surface area (Å²) in [5.74, 6) is 0.105. The van der Waals surface area contributed by atoms with Crippen LogP contribution in [0, 0.1) is 6.92 Å². The summed E-state index contributed by atoms with van der Waals surface area (Å²) in [6, 6.07) is 18.9. The van der Waals surface area contributed by atoms with Crippen molar-refractivity contribution in [3.63, 3.8) is 0 Å². The van der Waals surface area contributed by atoms with Crippen molar-refractivity contribution in [2.75, 3.05) is 6.54 Å². The average molecular weight is 409 g/mol. The Kier molecular flexibility index (Phi) is 5.67. The van der Waals surface area contributed by atoms with Gasteiger partial charge in [0.1, 0.15) is 0 Å². The van der Waals surface area contributed by atoms with Crippen LogP contribution in [0.3, 0.4) is 0 Å². The molecule has 0 unspecified atom stereocenters. The minimum atomic E-state index is -0.220. The Morgan fingerprint density at radius 1 is 1.17 bits per heavy atom. The number of nitrogens with zero attached hydrogens (tertiary/aromatic N) is 2. The van der Waals surface area contributed by atoms with Crippen molar-refractivity contribution >= 4 is 23.2 Å². The number of rotatable bonds is 6. The highest BCUT2D eigenvalue weighted by molar-refractivity contribution is 6.30. The van der Waals surface area contributed by atoms with Crippen molar-refractivity contribution in [3.05, 3.63) is 94.4 Å². The van der Waals surface area contributed by atoms with Gasteiger partial charge in [-0.15, -0.1) is 0 Å². The van der Waals surface area contributed by atoms with E-state index in [0.717, 1.165) is 22.4 Å². The Labute approximate surface area is 174 Å². The first-order chi connectivity index (χ1) is 14.1. The van der Waals surface area contributed by atoms with Crippen molar-refractivity contribution in [1.82, 2.24) is 4.90 Å². The SMILES string of the molecule is Cc1ccccc1C1=NO[C@H](CN(Cc2cccc(Cl)c2)C(=O)c2ccco2)C1. The van der Waals surface area contributed by atoms with Crippen LogP contribution in [0.1, 0.15) is 33.7 Å². The number of benzene rings is 2. The van der Waals surface area contributed by atoms with Crippen LogP contribution in [0.2, 0.25) is 5.02 Å². The van der Waals surface area contributed by atoms with E-state index < -0.39 is 0 Å². The predicted molar refractivity (Wildman–Crippen MR) is 112 cm³/mol. The van der Waals surface area contributed by atoms with Gasteiger partial charge in [0.2, 0.25) is 0 Å². The molecule has 1 amide bonds. The van der Waals surface area contributed by atoms with Gasteiger partial charge in [-0.2, -0.15) is 0 Å². The van der Waals surface area contributed by atoms with Crippen molar-refractivity contribution in [1.29, 1.82) is 0 Å². The van der Waals surface area contributed by atoms with E-state index in [-0.39, 0.29) is 12.0 Å². The minimum absolute atomic E-state index is 0.192. The second-order valence-corrected chi connectivity index (χ2v) is 7.51. The minimum Gasteiger partial charge on any atom is -0.459 e. The third kappa shape index (κ3) is 4.51. The van der Waals surface area contributed by atoms with Crippen LogP contribution >= 0.6 is 11.6 Å². The fraction of sp³-hybridized carbons (Fsp3) is 0.217. The van der Waals surface area contributed by atoms with Gasteiger partial charge in [-0.25, -0.2) is 0 Å². The molecule has 1 aliphatic rings. The van der Waals surface area contributed by atoms with E-state index in [9.17, 15) is 4.79 Å². The molecule has 5 nitrogen and oxygen atoms in total. The van der Waals surface area contributed by atoms with Crippen molar-refractivity contribution in [2.45, 2.75) is 26.0 Å². The van der Waals surface area contributed by atoms with Gasteiger partial charge in [0, 0.05) is 23.6 Å². The second-order valence-electron chi connectivity index (χ2n) is 7.08. The maximum absolute atomic E-state index is 13.0. The number of oxime groups is 1. The molecule has 0 fully saturated rings. The topological polar surface area (TPSA) is 55.0 Å². The fourth-order valence-electron chi connectivity index (χ4n) is 3.46. The normalized spacial score (nSPS) is 15.7. The van der Waals surface area contributed by atoms with Gasteiger partial charge in [0.15, 0.2) is 11.9 Å². The lowest BCUT2D eigenvalue weighted by molar-refractivity contribution is 0.0387. The number of hydrogen-bond donors (Lipinski definition) is 0. The summed E-state index contributed by atoms with van der Waals surface area (Å²) < 4.78 is 5.32. The summed E-state index contributed by atoms with van der Waals surface area (Å²) in [6.45, 7) is 2.85. The van der Waals surface area contributed by atoms with Gasteiger partial charge in [-0.1, -0.05) is 53.2 Å². The first-order valence-corrected chi connectivity index (χ1v) is 9.84. The Hall–Kier alpha value is -3.05. The van der Waals surface area contributed by atoms with E-state index in [4.69, 9.17) is 20.9 Å².